The molecular weight excluding hydrogens is 262 g/mol. The van der Waals surface area contributed by atoms with E-state index in [0.717, 1.165) is 45.3 Å². The summed E-state index contributed by atoms with van der Waals surface area (Å²) in [6, 6.07) is 0. The van der Waals surface area contributed by atoms with E-state index in [2.05, 4.69) is 17.1 Å². The first-order chi connectivity index (χ1) is 8.90. The van der Waals surface area contributed by atoms with Crippen LogP contribution in [-0.2, 0) is 10.0 Å². The van der Waals surface area contributed by atoms with Crippen LogP contribution in [0, 0.1) is 0 Å². The van der Waals surface area contributed by atoms with Crippen molar-refractivity contribution in [2.45, 2.75) is 32.6 Å². The molecule has 0 amide bonds. The fourth-order valence-electron chi connectivity index (χ4n) is 1.74. The quantitative estimate of drug-likeness (QED) is 0.545. The van der Waals surface area contributed by atoms with Gasteiger partial charge in [-0.15, -0.1) is 0 Å². The summed E-state index contributed by atoms with van der Waals surface area (Å²) in [5, 5.41) is 3.28. The summed E-state index contributed by atoms with van der Waals surface area (Å²) in [6.07, 6.45) is 3.65. The van der Waals surface area contributed by atoms with Crippen molar-refractivity contribution in [2.24, 2.45) is 0 Å². The van der Waals surface area contributed by atoms with Crippen molar-refractivity contribution < 1.29 is 8.42 Å². The summed E-state index contributed by atoms with van der Waals surface area (Å²) in [6.45, 7) is 5.57. The summed E-state index contributed by atoms with van der Waals surface area (Å²) in [5.74, 6) is 0.263. The van der Waals surface area contributed by atoms with E-state index < -0.39 is 10.0 Å². The summed E-state index contributed by atoms with van der Waals surface area (Å²) < 4.78 is 25.5. The zero-order chi connectivity index (χ0) is 14.7. The fraction of sp³-hybridized carbons (Fsp3) is 1.00. The monoisotopic (exact) mass is 293 g/mol. The molecule has 0 saturated heterocycles. The van der Waals surface area contributed by atoms with Gasteiger partial charge in [0.15, 0.2) is 0 Å². The number of rotatable bonds is 12. The van der Waals surface area contributed by atoms with Gasteiger partial charge in [-0.2, -0.15) is 0 Å². The molecule has 0 spiro atoms. The summed E-state index contributed by atoms with van der Waals surface area (Å²) in [5.41, 5.74) is 0. The third kappa shape index (κ3) is 10.3. The largest absolute Gasteiger partial charge is 0.317 e. The molecule has 0 aromatic rings. The standard InChI is InChI=1S/C13H31N3O2S/c1-5-9-14-10-6-7-13-19(17,18)16(4)12-8-11-15(2)3/h14H,5-13H2,1-4H3. The molecular formula is C13H31N3O2S. The second-order valence-corrected chi connectivity index (χ2v) is 7.45. The number of unbranched alkanes of at least 4 members (excludes halogenated alkanes) is 1. The Balaban J connectivity index is 3.77. The first-order valence-electron chi connectivity index (χ1n) is 7.19. The van der Waals surface area contributed by atoms with Gasteiger partial charge in [0, 0.05) is 13.6 Å². The Kier molecular flexibility index (Phi) is 10.5. The van der Waals surface area contributed by atoms with E-state index in [4.69, 9.17) is 0 Å². The Bertz CT molecular complexity index is 305. The molecule has 0 bridgehead atoms. The molecule has 0 fully saturated rings. The summed E-state index contributed by atoms with van der Waals surface area (Å²) in [4.78, 5) is 2.07. The molecule has 5 nitrogen and oxygen atoms in total. The third-order valence-electron chi connectivity index (χ3n) is 2.99. The Morgan fingerprint density at radius 2 is 1.63 bits per heavy atom. The van der Waals surface area contributed by atoms with Gasteiger partial charge in [-0.25, -0.2) is 12.7 Å². The lowest BCUT2D eigenvalue weighted by Gasteiger charge is -2.18. The SMILES string of the molecule is CCCNCCCCS(=O)(=O)N(C)CCCN(C)C. The normalized spacial score (nSPS) is 12.5. The van der Waals surface area contributed by atoms with Crippen LogP contribution in [0.2, 0.25) is 0 Å². The second kappa shape index (κ2) is 10.6. The summed E-state index contributed by atoms with van der Waals surface area (Å²) in [7, 11) is 2.61. The molecule has 0 rings (SSSR count). The van der Waals surface area contributed by atoms with E-state index in [9.17, 15) is 8.42 Å². The molecule has 0 saturated carbocycles. The molecule has 0 unspecified atom stereocenters. The van der Waals surface area contributed by atoms with Crippen molar-refractivity contribution in [3.05, 3.63) is 0 Å². The highest BCUT2D eigenvalue weighted by Gasteiger charge is 2.16. The molecule has 0 aliphatic rings. The molecule has 0 aliphatic carbocycles. The van der Waals surface area contributed by atoms with Crippen molar-refractivity contribution in [3.63, 3.8) is 0 Å². The number of sulfonamides is 1. The molecule has 0 atom stereocenters. The van der Waals surface area contributed by atoms with Gasteiger partial charge in [0.2, 0.25) is 10.0 Å². The van der Waals surface area contributed by atoms with E-state index in [1.165, 1.54) is 4.31 Å². The zero-order valence-electron chi connectivity index (χ0n) is 13.0. The minimum absolute atomic E-state index is 0.263. The van der Waals surface area contributed by atoms with Crippen molar-refractivity contribution in [2.75, 3.05) is 53.1 Å². The van der Waals surface area contributed by atoms with E-state index in [0.29, 0.717) is 6.54 Å². The van der Waals surface area contributed by atoms with Gasteiger partial charge < -0.3 is 10.2 Å². The Morgan fingerprint density at radius 1 is 0.947 bits per heavy atom. The Labute approximate surface area is 119 Å². The number of hydrogen-bond donors (Lipinski definition) is 1. The van der Waals surface area contributed by atoms with Gasteiger partial charge in [0.25, 0.3) is 0 Å². The lowest BCUT2D eigenvalue weighted by molar-refractivity contribution is 0.370. The van der Waals surface area contributed by atoms with Gasteiger partial charge in [0.05, 0.1) is 5.75 Å². The lowest BCUT2D eigenvalue weighted by atomic mass is 10.3. The number of hydrogen-bond acceptors (Lipinski definition) is 4. The van der Waals surface area contributed by atoms with Crippen LogP contribution in [0.4, 0.5) is 0 Å². The molecule has 116 valence electrons. The first-order valence-corrected chi connectivity index (χ1v) is 8.80. The molecule has 0 aromatic carbocycles. The lowest BCUT2D eigenvalue weighted by Crippen LogP contribution is -2.32. The van der Waals surface area contributed by atoms with Crippen LogP contribution >= 0.6 is 0 Å². The average Bonchev–Trinajstić information content (AvgIpc) is 2.33. The van der Waals surface area contributed by atoms with Crippen molar-refractivity contribution >= 4 is 10.0 Å². The smallest absolute Gasteiger partial charge is 0.213 e. The number of nitrogens with zero attached hydrogens (tertiary/aromatic N) is 2. The maximum atomic E-state index is 12.0. The van der Waals surface area contributed by atoms with Gasteiger partial charge in [0.1, 0.15) is 0 Å². The zero-order valence-corrected chi connectivity index (χ0v) is 13.8. The van der Waals surface area contributed by atoms with Crippen LogP contribution < -0.4 is 5.32 Å². The highest BCUT2D eigenvalue weighted by atomic mass is 32.2. The van der Waals surface area contributed by atoms with Crippen LogP contribution in [0.5, 0.6) is 0 Å². The molecule has 1 N–H and O–H groups in total. The topological polar surface area (TPSA) is 52.7 Å². The van der Waals surface area contributed by atoms with Crippen LogP contribution in [0.25, 0.3) is 0 Å². The van der Waals surface area contributed by atoms with Gasteiger partial charge in [-0.05, 0) is 59.4 Å². The van der Waals surface area contributed by atoms with Gasteiger partial charge in [-0.3, -0.25) is 0 Å². The Morgan fingerprint density at radius 3 is 2.21 bits per heavy atom. The molecule has 6 heteroatoms. The van der Waals surface area contributed by atoms with Gasteiger partial charge >= 0.3 is 0 Å². The van der Waals surface area contributed by atoms with Crippen molar-refractivity contribution in [1.82, 2.24) is 14.5 Å². The van der Waals surface area contributed by atoms with Crippen LogP contribution in [0.15, 0.2) is 0 Å². The third-order valence-corrected chi connectivity index (χ3v) is 4.92. The molecule has 0 aliphatic heterocycles. The summed E-state index contributed by atoms with van der Waals surface area (Å²) >= 11 is 0. The highest BCUT2D eigenvalue weighted by molar-refractivity contribution is 7.89. The maximum absolute atomic E-state index is 12.0. The van der Waals surface area contributed by atoms with Crippen molar-refractivity contribution in [1.29, 1.82) is 0 Å². The minimum atomic E-state index is -3.06. The molecule has 0 heterocycles. The predicted molar refractivity (Wildman–Crippen MR) is 82.0 cm³/mol. The average molecular weight is 293 g/mol. The first kappa shape index (κ1) is 18.8. The maximum Gasteiger partial charge on any atom is 0.213 e. The minimum Gasteiger partial charge on any atom is -0.317 e. The van der Waals surface area contributed by atoms with E-state index in [1.807, 2.05) is 14.1 Å². The van der Waals surface area contributed by atoms with Crippen LogP contribution in [0.3, 0.4) is 0 Å². The van der Waals surface area contributed by atoms with Crippen molar-refractivity contribution in [3.8, 4) is 0 Å². The predicted octanol–water partition coefficient (Wildman–Crippen LogP) is 0.980. The van der Waals surface area contributed by atoms with Crippen LogP contribution in [0.1, 0.15) is 32.6 Å². The molecule has 0 aromatic heterocycles. The van der Waals surface area contributed by atoms with E-state index in [1.54, 1.807) is 7.05 Å². The van der Waals surface area contributed by atoms with Crippen LogP contribution in [-0.4, -0.2) is 70.7 Å². The highest BCUT2D eigenvalue weighted by Crippen LogP contribution is 2.03. The number of nitrogens with one attached hydrogen (secondary N) is 1. The fourth-order valence-corrected chi connectivity index (χ4v) is 3.03. The van der Waals surface area contributed by atoms with E-state index in [-0.39, 0.29) is 5.75 Å². The molecule has 0 radical (unpaired) electrons. The molecule has 19 heavy (non-hydrogen) atoms. The van der Waals surface area contributed by atoms with Gasteiger partial charge in [-0.1, -0.05) is 6.92 Å². The Hall–Kier alpha value is -0.170. The van der Waals surface area contributed by atoms with E-state index >= 15 is 0 Å². The second-order valence-electron chi connectivity index (χ2n) is 5.25.